The molecule has 2 aliphatic heterocycles. The summed E-state index contributed by atoms with van der Waals surface area (Å²) in [6, 6.07) is 1.25. The zero-order valence-corrected chi connectivity index (χ0v) is 15.9. The second-order valence-corrected chi connectivity index (χ2v) is 8.33. The highest BCUT2D eigenvalue weighted by Crippen LogP contribution is 2.47. The van der Waals surface area contributed by atoms with E-state index < -0.39 is 12.0 Å². The molecule has 0 aromatic carbocycles. The number of Topliss-reactive ketones (excluding diaryl/α,β-unsaturated/α-hetero) is 1. The predicted octanol–water partition coefficient (Wildman–Crippen LogP) is 2.30. The molecule has 2 atom stereocenters. The van der Waals surface area contributed by atoms with E-state index in [9.17, 15) is 14.4 Å². The van der Waals surface area contributed by atoms with E-state index in [1.807, 2.05) is 33.8 Å². The Hall–Kier alpha value is -1.76. The number of aryl methyl sites for hydroxylation is 1. The fourth-order valence-electron chi connectivity index (χ4n) is 3.88. The molecule has 136 valence electrons. The van der Waals surface area contributed by atoms with Gasteiger partial charge in [0.2, 0.25) is 11.7 Å². The summed E-state index contributed by atoms with van der Waals surface area (Å²) in [5, 5.41) is 0. The van der Waals surface area contributed by atoms with Crippen LogP contribution in [-0.2, 0) is 20.9 Å². The van der Waals surface area contributed by atoms with Gasteiger partial charge in [-0.1, -0.05) is 0 Å². The maximum absolute atomic E-state index is 12.4. The Balaban J connectivity index is 1.65. The van der Waals surface area contributed by atoms with E-state index in [4.69, 9.17) is 4.74 Å². The maximum atomic E-state index is 12.4. The van der Waals surface area contributed by atoms with Gasteiger partial charge in [-0.3, -0.25) is 9.59 Å². The van der Waals surface area contributed by atoms with Crippen molar-refractivity contribution in [3.05, 3.63) is 23.0 Å². The highest BCUT2D eigenvalue weighted by Gasteiger charge is 2.53. The van der Waals surface area contributed by atoms with Crippen LogP contribution >= 0.6 is 11.8 Å². The average molecular weight is 364 g/mol. The molecule has 2 fully saturated rings. The van der Waals surface area contributed by atoms with Crippen LogP contribution in [0.5, 0.6) is 0 Å². The summed E-state index contributed by atoms with van der Waals surface area (Å²) >= 11 is 1.61. The lowest BCUT2D eigenvalue weighted by Gasteiger charge is -2.29. The molecular weight excluding hydrogens is 340 g/mol. The van der Waals surface area contributed by atoms with Crippen molar-refractivity contribution >= 4 is 29.4 Å². The largest absolute Gasteiger partial charge is 0.456 e. The van der Waals surface area contributed by atoms with Gasteiger partial charge in [0.1, 0.15) is 6.04 Å². The lowest BCUT2D eigenvalue weighted by atomic mass is 10.1. The molecule has 3 rings (SSSR count). The van der Waals surface area contributed by atoms with Gasteiger partial charge < -0.3 is 14.2 Å². The van der Waals surface area contributed by atoms with Crippen LogP contribution in [0.4, 0.5) is 0 Å². The minimum Gasteiger partial charge on any atom is -0.456 e. The molecule has 0 N–H and O–H groups in total. The normalized spacial score (nSPS) is 25.4. The molecule has 0 bridgehead atoms. The molecular formula is C18H24N2O4S. The molecule has 1 aromatic rings. The molecule has 0 spiro atoms. The van der Waals surface area contributed by atoms with Gasteiger partial charge in [0.05, 0.1) is 4.87 Å². The zero-order valence-electron chi connectivity index (χ0n) is 15.1. The first-order valence-electron chi connectivity index (χ1n) is 8.61. The Kier molecular flexibility index (Phi) is 4.70. The molecule has 0 unspecified atom stereocenters. The summed E-state index contributed by atoms with van der Waals surface area (Å²) in [6.45, 7) is 8.37. The van der Waals surface area contributed by atoms with Crippen molar-refractivity contribution in [1.29, 1.82) is 0 Å². The number of esters is 1. The van der Waals surface area contributed by atoms with Gasteiger partial charge in [-0.05, 0) is 40.2 Å². The molecule has 0 radical (unpaired) electrons. The SMILES string of the molecule is CCn1c(C)cc(C(=O)COC(=O)[C@@H]2CS[C@]3(C)CCC(=O)N23)c1C. The number of fused-ring (bicyclic) bond motifs is 1. The first-order valence-corrected chi connectivity index (χ1v) is 9.59. The zero-order chi connectivity index (χ0) is 18.4. The van der Waals surface area contributed by atoms with E-state index in [0.29, 0.717) is 17.7 Å². The van der Waals surface area contributed by atoms with Crippen LogP contribution < -0.4 is 0 Å². The number of thioether (sulfide) groups is 1. The van der Waals surface area contributed by atoms with Gasteiger partial charge in [0, 0.05) is 35.7 Å². The average Bonchev–Trinajstić information content (AvgIpc) is 3.16. The highest BCUT2D eigenvalue weighted by atomic mass is 32.2. The molecule has 7 heteroatoms. The topological polar surface area (TPSA) is 68.6 Å². The highest BCUT2D eigenvalue weighted by molar-refractivity contribution is 8.01. The van der Waals surface area contributed by atoms with Crippen molar-refractivity contribution in [3.8, 4) is 0 Å². The van der Waals surface area contributed by atoms with Crippen molar-refractivity contribution in [2.24, 2.45) is 0 Å². The van der Waals surface area contributed by atoms with Gasteiger partial charge in [-0.25, -0.2) is 4.79 Å². The summed E-state index contributed by atoms with van der Waals surface area (Å²) < 4.78 is 7.33. The van der Waals surface area contributed by atoms with Gasteiger partial charge in [-0.15, -0.1) is 11.8 Å². The Bertz CT molecular complexity index is 742. The molecule has 0 aliphatic carbocycles. The molecule has 1 aromatic heterocycles. The van der Waals surface area contributed by atoms with Crippen LogP contribution in [0.1, 0.15) is 48.4 Å². The summed E-state index contributed by atoms with van der Waals surface area (Å²) in [4.78, 5) is 38.3. The molecule has 25 heavy (non-hydrogen) atoms. The van der Waals surface area contributed by atoms with Crippen LogP contribution in [0.15, 0.2) is 6.07 Å². The first-order chi connectivity index (χ1) is 11.8. The fraction of sp³-hybridized carbons (Fsp3) is 0.611. The third kappa shape index (κ3) is 2.99. The number of ether oxygens (including phenoxy) is 1. The van der Waals surface area contributed by atoms with E-state index in [1.165, 1.54) is 0 Å². The number of carbonyl (C=O) groups is 3. The van der Waals surface area contributed by atoms with Crippen molar-refractivity contribution < 1.29 is 19.1 Å². The molecule has 6 nitrogen and oxygen atoms in total. The minimum atomic E-state index is -0.583. The lowest BCUT2D eigenvalue weighted by molar-refractivity contribution is -0.152. The van der Waals surface area contributed by atoms with Crippen molar-refractivity contribution in [2.45, 2.75) is 58.0 Å². The Morgan fingerprint density at radius 1 is 1.40 bits per heavy atom. The van der Waals surface area contributed by atoms with E-state index in [0.717, 1.165) is 24.4 Å². The van der Waals surface area contributed by atoms with Crippen LogP contribution in [-0.4, -0.2) is 50.4 Å². The second-order valence-electron chi connectivity index (χ2n) is 6.83. The van der Waals surface area contributed by atoms with Gasteiger partial charge >= 0.3 is 5.97 Å². The third-order valence-corrected chi connectivity index (χ3v) is 6.76. The molecule has 0 saturated carbocycles. The number of hydrogen-bond acceptors (Lipinski definition) is 5. The Morgan fingerprint density at radius 3 is 2.76 bits per heavy atom. The van der Waals surface area contributed by atoms with Crippen LogP contribution in [0, 0.1) is 13.8 Å². The number of hydrogen-bond donors (Lipinski definition) is 0. The van der Waals surface area contributed by atoms with Crippen molar-refractivity contribution in [1.82, 2.24) is 9.47 Å². The lowest BCUT2D eigenvalue weighted by Crippen LogP contribution is -2.46. The van der Waals surface area contributed by atoms with E-state index in [2.05, 4.69) is 4.57 Å². The van der Waals surface area contributed by atoms with Crippen LogP contribution in [0.2, 0.25) is 0 Å². The van der Waals surface area contributed by atoms with Crippen LogP contribution in [0.25, 0.3) is 0 Å². The predicted molar refractivity (Wildman–Crippen MR) is 95.6 cm³/mol. The van der Waals surface area contributed by atoms with Crippen molar-refractivity contribution in [3.63, 3.8) is 0 Å². The quantitative estimate of drug-likeness (QED) is 0.592. The first kappa shape index (κ1) is 18.0. The Morgan fingerprint density at radius 2 is 2.12 bits per heavy atom. The number of rotatable bonds is 5. The molecule has 2 saturated heterocycles. The fourth-order valence-corrected chi connectivity index (χ4v) is 5.29. The van der Waals surface area contributed by atoms with Gasteiger partial charge in [0.15, 0.2) is 6.61 Å². The van der Waals surface area contributed by atoms with Gasteiger partial charge in [0.25, 0.3) is 0 Å². The number of carbonyl (C=O) groups excluding carboxylic acids is 3. The van der Waals surface area contributed by atoms with E-state index in [1.54, 1.807) is 16.7 Å². The molecule has 1 amide bonds. The van der Waals surface area contributed by atoms with Crippen LogP contribution in [0.3, 0.4) is 0 Å². The number of nitrogens with zero attached hydrogens (tertiary/aromatic N) is 2. The van der Waals surface area contributed by atoms with Gasteiger partial charge in [-0.2, -0.15) is 0 Å². The standard InChI is InChI=1S/C18H24N2O4S/c1-5-19-11(2)8-13(12(19)3)15(21)9-24-17(23)14-10-25-18(4)7-6-16(22)20(14)18/h8,14H,5-7,9-10H2,1-4H3/t14-,18+/m0/s1. The maximum Gasteiger partial charge on any atom is 0.330 e. The summed E-state index contributed by atoms with van der Waals surface area (Å²) in [6.07, 6.45) is 1.22. The summed E-state index contributed by atoms with van der Waals surface area (Å²) in [5.41, 5.74) is 2.50. The number of aromatic nitrogens is 1. The second kappa shape index (κ2) is 6.52. The number of amides is 1. The molecule has 2 aliphatic rings. The Labute approximate surface area is 151 Å². The molecule has 3 heterocycles. The van der Waals surface area contributed by atoms with E-state index >= 15 is 0 Å². The summed E-state index contributed by atoms with van der Waals surface area (Å²) in [7, 11) is 0. The third-order valence-electron chi connectivity index (χ3n) is 5.25. The van der Waals surface area contributed by atoms with E-state index in [-0.39, 0.29) is 23.2 Å². The minimum absolute atomic E-state index is 0.00716. The number of ketones is 1. The summed E-state index contributed by atoms with van der Waals surface area (Å²) in [5.74, 6) is -0.168. The smallest absolute Gasteiger partial charge is 0.330 e. The monoisotopic (exact) mass is 364 g/mol. The van der Waals surface area contributed by atoms with Crippen molar-refractivity contribution in [2.75, 3.05) is 12.4 Å².